The quantitative estimate of drug-likeness (QED) is 0.877. The average Bonchev–Trinajstić information content (AvgIpc) is 2.70. The number of hydrogen-bond acceptors (Lipinski definition) is 4. The lowest BCUT2D eigenvalue weighted by molar-refractivity contribution is 0.189. The van der Waals surface area contributed by atoms with Crippen molar-refractivity contribution in [3.05, 3.63) is 40.4 Å². The molecule has 1 aromatic heterocycles. The van der Waals surface area contributed by atoms with E-state index in [1.807, 2.05) is 19.1 Å². The molecule has 0 aliphatic heterocycles. The lowest BCUT2D eigenvalue weighted by Crippen LogP contribution is -2.10. The van der Waals surface area contributed by atoms with Gasteiger partial charge in [-0.05, 0) is 19.9 Å². The van der Waals surface area contributed by atoms with Gasteiger partial charge < -0.3 is 10.8 Å². The minimum atomic E-state index is -0.606. The third-order valence-corrected chi connectivity index (χ3v) is 3.93. The highest BCUT2D eigenvalue weighted by Gasteiger charge is 2.15. The van der Waals surface area contributed by atoms with E-state index in [1.165, 1.54) is 16.9 Å². The Hall–Kier alpha value is -1.23. The summed E-state index contributed by atoms with van der Waals surface area (Å²) in [5.41, 5.74) is 8.64. The summed E-state index contributed by atoms with van der Waals surface area (Å²) < 4.78 is 0. The van der Waals surface area contributed by atoms with Gasteiger partial charge in [0.15, 0.2) is 0 Å². The summed E-state index contributed by atoms with van der Waals surface area (Å²) in [6.45, 7) is 4.19. The average molecular weight is 248 g/mol. The number of benzene rings is 1. The van der Waals surface area contributed by atoms with Crippen molar-refractivity contribution in [2.75, 3.05) is 6.54 Å². The van der Waals surface area contributed by atoms with E-state index in [0.29, 0.717) is 0 Å². The second kappa shape index (κ2) is 4.96. The number of hydrogen-bond donors (Lipinski definition) is 2. The third-order valence-electron chi connectivity index (χ3n) is 2.62. The molecule has 0 radical (unpaired) electrons. The van der Waals surface area contributed by atoms with Crippen LogP contribution in [0.3, 0.4) is 0 Å². The highest BCUT2D eigenvalue weighted by molar-refractivity contribution is 7.15. The van der Waals surface area contributed by atoms with Crippen LogP contribution in [0.1, 0.15) is 22.2 Å². The van der Waals surface area contributed by atoms with Crippen LogP contribution in [0, 0.1) is 13.8 Å². The minimum absolute atomic E-state index is 0.232. The van der Waals surface area contributed by atoms with Gasteiger partial charge in [0.05, 0.1) is 10.6 Å². The van der Waals surface area contributed by atoms with Crippen LogP contribution in [-0.4, -0.2) is 16.6 Å². The zero-order chi connectivity index (χ0) is 12.4. The van der Waals surface area contributed by atoms with E-state index in [1.54, 1.807) is 0 Å². The Kier molecular flexibility index (Phi) is 3.57. The molecule has 0 fully saturated rings. The van der Waals surface area contributed by atoms with Crippen LogP contribution in [0.2, 0.25) is 0 Å². The molecule has 0 bridgehead atoms. The van der Waals surface area contributed by atoms with Crippen molar-refractivity contribution in [1.29, 1.82) is 0 Å². The summed E-state index contributed by atoms with van der Waals surface area (Å²) in [7, 11) is 0. The lowest BCUT2D eigenvalue weighted by atomic mass is 10.1. The number of thiazole rings is 1. The Bertz CT molecular complexity index is 522. The first-order valence-corrected chi connectivity index (χ1v) is 6.36. The van der Waals surface area contributed by atoms with Crippen LogP contribution in [0.15, 0.2) is 24.3 Å². The van der Waals surface area contributed by atoms with Gasteiger partial charge in [-0.2, -0.15) is 0 Å². The van der Waals surface area contributed by atoms with E-state index in [4.69, 9.17) is 5.73 Å². The predicted octanol–water partition coefficient (Wildman–Crippen LogP) is 2.42. The summed E-state index contributed by atoms with van der Waals surface area (Å²) in [4.78, 5) is 5.36. The van der Waals surface area contributed by atoms with Gasteiger partial charge in [0, 0.05) is 12.1 Å². The molecule has 1 aromatic carbocycles. The molecule has 0 aliphatic rings. The van der Waals surface area contributed by atoms with Gasteiger partial charge in [0.25, 0.3) is 0 Å². The molecule has 90 valence electrons. The van der Waals surface area contributed by atoms with E-state index in [-0.39, 0.29) is 6.54 Å². The Morgan fingerprint density at radius 3 is 2.82 bits per heavy atom. The van der Waals surface area contributed by atoms with Crippen LogP contribution in [-0.2, 0) is 0 Å². The molecule has 0 amide bonds. The Morgan fingerprint density at radius 1 is 1.41 bits per heavy atom. The molecule has 3 N–H and O–H groups in total. The van der Waals surface area contributed by atoms with Crippen molar-refractivity contribution in [2.24, 2.45) is 5.73 Å². The zero-order valence-electron chi connectivity index (χ0n) is 9.97. The molecule has 0 aliphatic carbocycles. The van der Waals surface area contributed by atoms with Crippen molar-refractivity contribution in [3.8, 4) is 10.6 Å². The maximum absolute atomic E-state index is 9.77. The number of nitrogens with two attached hydrogens (primary N) is 1. The highest BCUT2D eigenvalue weighted by Crippen LogP contribution is 2.31. The van der Waals surface area contributed by atoms with Gasteiger partial charge in [0.1, 0.15) is 11.1 Å². The number of aryl methyl sites for hydroxylation is 2. The molecule has 3 nitrogen and oxygen atoms in total. The molecule has 17 heavy (non-hydrogen) atoms. The molecular formula is C13H16N2OS. The number of nitrogens with zero attached hydrogens (tertiary/aromatic N) is 1. The van der Waals surface area contributed by atoms with Crippen molar-refractivity contribution in [2.45, 2.75) is 20.0 Å². The standard InChI is InChI=1S/C13H16N2OS/c1-8-4-3-5-10(6-8)13-15-9(2)12(17-13)11(16)7-14/h3-6,11,16H,7,14H2,1-2H3. The van der Waals surface area contributed by atoms with E-state index >= 15 is 0 Å². The fourth-order valence-electron chi connectivity index (χ4n) is 1.73. The zero-order valence-corrected chi connectivity index (χ0v) is 10.8. The SMILES string of the molecule is Cc1cccc(-c2nc(C)c(C(O)CN)s2)c1. The minimum Gasteiger partial charge on any atom is -0.386 e. The fraction of sp³-hybridized carbons (Fsp3) is 0.308. The van der Waals surface area contributed by atoms with Gasteiger partial charge in [-0.3, -0.25) is 0 Å². The van der Waals surface area contributed by atoms with Gasteiger partial charge >= 0.3 is 0 Å². The smallest absolute Gasteiger partial charge is 0.123 e. The maximum Gasteiger partial charge on any atom is 0.123 e. The number of aliphatic hydroxyl groups excluding tert-OH is 1. The number of aromatic nitrogens is 1. The first-order valence-electron chi connectivity index (χ1n) is 5.54. The molecule has 1 atom stereocenters. The summed E-state index contributed by atoms with van der Waals surface area (Å²) >= 11 is 1.51. The second-order valence-corrected chi connectivity index (χ2v) is 5.12. The fourth-order valence-corrected chi connectivity index (χ4v) is 2.79. The van der Waals surface area contributed by atoms with Crippen LogP contribution >= 0.6 is 11.3 Å². The topological polar surface area (TPSA) is 59.1 Å². The largest absolute Gasteiger partial charge is 0.386 e. The normalized spacial score (nSPS) is 12.7. The number of rotatable bonds is 3. The maximum atomic E-state index is 9.77. The molecule has 2 rings (SSSR count). The van der Waals surface area contributed by atoms with Crippen LogP contribution in [0.5, 0.6) is 0 Å². The first-order chi connectivity index (χ1) is 8.11. The van der Waals surface area contributed by atoms with Gasteiger partial charge in [-0.25, -0.2) is 4.98 Å². The molecule has 1 heterocycles. The van der Waals surface area contributed by atoms with Crippen LogP contribution < -0.4 is 5.73 Å². The van der Waals surface area contributed by atoms with E-state index in [9.17, 15) is 5.11 Å². The molecule has 1 unspecified atom stereocenters. The number of aliphatic hydroxyl groups is 1. The lowest BCUT2D eigenvalue weighted by Gasteiger charge is -2.03. The molecule has 0 spiro atoms. The Balaban J connectivity index is 2.41. The third kappa shape index (κ3) is 2.54. The highest BCUT2D eigenvalue weighted by atomic mass is 32.1. The monoisotopic (exact) mass is 248 g/mol. The van der Waals surface area contributed by atoms with Crippen LogP contribution in [0.25, 0.3) is 10.6 Å². The Morgan fingerprint density at radius 2 is 2.18 bits per heavy atom. The van der Waals surface area contributed by atoms with Crippen molar-refractivity contribution in [3.63, 3.8) is 0 Å². The second-order valence-electron chi connectivity index (χ2n) is 4.09. The van der Waals surface area contributed by atoms with Gasteiger partial charge in [0.2, 0.25) is 0 Å². The van der Waals surface area contributed by atoms with E-state index < -0.39 is 6.10 Å². The van der Waals surface area contributed by atoms with Crippen molar-refractivity contribution in [1.82, 2.24) is 4.98 Å². The van der Waals surface area contributed by atoms with Crippen LogP contribution in [0.4, 0.5) is 0 Å². The summed E-state index contributed by atoms with van der Waals surface area (Å²) in [6.07, 6.45) is -0.606. The van der Waals surface area contributed by atoms with Crippen molar-refractivity contribution < 1.29 is 5.11 Å². The van der Waals surface area contributed by atoms with Gasteiger partial charge in [-0.15, -0.1) is 11.3 Å². The summed E-state index contributed by atoms with van der Waals surface area (Å²) in [5, 5.41) is 10.7. The van der Waals surface area contributed by atoms with Gasteiger partial charge in [-0.1, -0.05) is 23.8 Å². The molecule has 0 saturated carbocycles. The van der Waals surface area contributed by atoms with E-state index in [2.05, 4.69) is 24.0 Å². The Labute approximate surface area is 105 Å². The molecule has 4 heteroatoms. The molecular weight excluding hydrogens is 232 g/mol. The predicted molar refractivity (Wildman–Crippen MR) is 71.0 cm³/mol. The molecule has 0 saturated heterocycles. The summed E-state index contributed by atoms with van der Waals surface area (Å²) in [6, 6.07) is 8.20. The van der Waals surface area contributed by atoms with E-state index in [0.717, 1.165) is 21.1 Å². The molecule has 2 aromatic rings. The van der Waals surface area contributed by atoms with Crippen molar-refractivity contribution >= 4 is 11.3 Å². The first kappa shape index (κ1) is 12.2. The summed E-state index contributed by atoms with van der Waals surface area (Å²) in [5.74, 6) is 0.